The number of allylic oxidation sites excluding steroid dienone is 20. The minimum absolute atomic E-state index is 0.104. The number of ether oxygens (including phenoxy) is 3. The largest absolute Gasteiger partial charge is 0.462 e. The highest BCUT2D eigenvalue weighted by Crippen LogP contribution is 2.15. The molecule has 6 nitrogen and oxygen atoms in total. The Kier molecular flexibility index (Phi) is 58.9. The molecule has 0 aliphatic heterocycles. The van der Waals surface area contributed by atoms with Gasteiger partial charge >= 0.3 is 17.9 Å². The zero-order valence-electron chi connectivity index (χ0n) is 48.8. The molecule has 0 fully saturated rings. The zero-order valence-corrected chi connectivity index (χ0v) is 48.8. The molecular weight excluding hydrogens is 925 g/mol. The lowest BCUT2D eigenvalue weighted by Gasteiger charge is -2.18. The Balaban J connectivity index is 4.35. The molecule has 75 heavy (non-hydrogen) atoms. The van der Waals surface area contributed by atoms with E-state index < -0.39 is 6.10 Å². The summed E-state index contributed by atoms with van der Waals surface area (Å²) in [6.45, 7) is 6.36. The van der Waals surface area contributed by atoms with Crippen LogP contribution in [0.15, 0.2) is 122 Å². The Bertz CT molecular complexity index is 1570. The fourth-order valence-corrected chi connectivity index (χ4v) is 8.34. The molecule has 0 saturated carbocycles. The molecule has 0 aromatic carbocycles. The molecule has 0 saturated heterocycles. The predicted octanol–water partition coefficient (Wildman–Crippen LogP) is 21.2. The maximum absolute atomic E-state index is 12.9. The van der Waals surface area contributed by atoms with Crippen molar-refractivity contribution >= 4 is 17.9 Å². The minimum Gasteiger partial charge on any atom is -0.462 e. The van der Waals surface area contributed by atoms with Crippen molar-refractivity contribution in [3.8, 4) is 0 Å². The van der Waals surface area contributed by atoms with Gasteiger partial charge in [-0.15, -0.1) is 0 Å². The predicted molar refractivity (Wildman–Crippen MR) is 325 cm³/mol. The average molecular weight is 1040 g/mol. The second-order valence-electron chi connectivity index (χ2n) is 20.2. The lowest BCUT2D eigenvalue weighted by atomic mass is 10.0. The van der Waals surface area contributed by atoms with E-state index in [0.29, 0.717) is 19.3 Å². The normalized spacial score (nSPS) is 12.9. The van der Waals surface area contributed by atoms with Crippen LogP contribution in [-0.4, -0.2) is 37.2 Å². The first kappa shape index (κ1) is 70.8. The molecule has 0 amide bonds. The number of rotatable bonds is 55. The van der Waals surface area contributed by atoms with Crippen LogP contribution in [0, 0.1) is 0 Å². The van der Waals surface area contributed by atoms with Gasteiger partial charge < -0.3 is 14.2 Å². The first-order valence-electron chi connectivity index (χ1n) is 31.0. The summed E-state index contributed by atoms with van der Waals surface area (Å²) in [5.41, 5.74) is 0. The van der Waals surface area contributed by atoms with Gasteiger partial charge in [0.1, 0.15) is 13.2 Å². The van der Waals surface area contributed by atoms with E-state index in [4.69, 9.17) is 14.2 Å². The molecular formula is C69H114O6. The zero-order chi connectivity index (χ0) is 54.3. The Hall–Kier alpha value is -4.19. The lowest BCUT2D eigenvalue weighted by molar-refractivity contribution is -0.167. The van der Waals surface area contributed by atoms with Crippen molar-refractivity contribution in [3.05, 3.63) is 122 Å². The summed E-state index contributed by atoms with van der Waals surface area (Å²) in [5.74, 6) is -0.964. The summed E-state index contributed by atoms with van der Waals surface area (Å²) in [7, 11) is 0. The van der Waals surface area contributed by atoms with Crippen LogP contribution in [-0.2, 0) is 28.6 Å². The summed E-state index contributed by atoms with van der Waals surface area (Å²) in [4.78, 5) is 38.2. The van der Waals surface area contributed by atoms with Crippen molar-refractivity contribution in [1.29, 1.82) is 0 Å². The molecule has 0 radical (unpaired) electrons. The molecule has 0 aromatic heterocycles. The smallest absolute Gasteiger partial charge is 0.306 e. The van der Waals surface area contributed by atoms with Crippen LogP contribution in [0.2, 0.25) is 0 Å². The number of hydrogen-bond acceptors (Lipinski definition) is 6. The number of hydrogen-bond donors (Lipinski definition) is 0. The molecule has 1 unspecified atom stereocenters. The van der Waals surface area contributed by atoms with E-state index >= 15 is 0 Å². The van der Waals surface area contributed by atoms with Crippen molar-refractivity contribution in [2.24, 2.45) is 0 Å². The number of esters is 3. The molecule has 6 heteroatoms. The van der Waals surface area contributed by atoms with Gasteiger partial charge in [0.25, 0.3) is 0 Å². The topological polar surface area (TPSA) is 78.9 Å². The van der Waals surface area contributed by atoms with Gasteiger partial charge in [-0.1, -0.05) is 251 Å². The van der Waals surface area contributed by atoms with Crippen molar-refractivity contribution in [1.82, 2.24) is 0 Å². The van der Waals surface area contributed by atoms with E-state index in [1.807, 2.05) is 0 Å². The maximum atomic E-state index is 12.9. The number of carbonyl (C=O) groups is 3. The van der Waals surface area contributed by atoms with Gasteiger partial charge in [0, 0.05) is 19.3 Å². The van der Waals surface area contributed by atoms with E-state index in [1.54, 1.807) is 0 Å². The molecule has 0 aromatic rings. The Morgan fingerprint density at radius 2 is 0.520 bits per heavy atom. The molecule has 426 valence electrons. The van der Waals surface area contributed by atoms with Crippen LogP contribution >= 0.6 is 0 Å². The molecule has 0 N–H and O–H groups in total. The van der Waals surface area contributed by atoms with Crippen molar-refractivity contribution < 1.29 is 28.6 Å². The SMILES string of the molecule is CC/C=C\C/C=C\C/C=C\C/C=C\CCCCC(=O)OC(COC(=O)CCCCCCC/C=C\C/C=C\C/C=C\CC)COC(=O)CCCCCCCCCCCCCC/C=C\C/C=C\C/C=C\CCCCCCC. The lowest BCUT2D eigenvalue weighted by Crippen LogP contribution is -2.30. The minimum atomic E-state index is -0.812. The highest BCUT2D eigenvalue weighted by molar-refractivity contribution is 5.71. The van der Waals surface area contributed by atoms with Gasteiger partial charge in [-0.2, -0.15) is 0 Å². The summed E-state index contributed by atoms with van der Waals surface area (Å²) in [6.07, 6.45) is 86.4. The van der Waals surface area contributed by atoms with Crippen LogP contribution in [0.3, 0.4) is 0 Å². The standard InChI is InChI=1S/C69H114O6/c1-4-7-10-13-16-19-22-25-28-29-30-31-32-33-34-35-36-37-38-39-42-44-47-50-53-56-59-62-68(71)74-65-66(75-69(72)63-60-57-54-51-48-45-41-27-24-21-18-15-12-9-6-3)64-73-67(70)61-58-55-52-49-46-43-40-26-23-20-17-14-11-8-5-2/h8-9,11-12,17-18,20-22,25-27,29-30,32-33,40-41,48,51,66H,4-7,10,13-16,19,23-24,28,31,34-39,42-47,49-50,52-65H2,1-3H3/b11-8-,12-9-,20-17-,21-18-,25-22-,30-29-,33-32-,40-26-,41-27-,51-48-. The second kappa shape index (κ2) is 62.4. The van der Waals surface area contributed by atoms with Crippen molar-refractivity contribution in [2.75, 3.05) is 13.2 Å². The van der Waals surface area contributed by atoms with Gasteiger partial charge in [0.2, 0.25) is 0 Å². The number of unbranched alkanes of at least 4 members (excludes halogenated alkanes) is 24. The van der Waals surface area contributed by atoms with Gasteiger partial charge in [0.05, 0.1) is 0 Å². The third kappa shape index (κ3) is 60.6. The van der Waals surface area contributed by atoms with E-state index in [1.165, 1.54) is 103 Å². The molecule has 0 aliphatic rings. The summed E-state index contributed by atoms with van der Waals surface area (Å²) in [6, 6.07) is 0. The third-order valence-corrected chi connectivity index (χ3v) is 12.9. The van der Waals surface area contributed by atoms with Gasteiger partial charge in [-0.05, 0) is 128 Å². The molecule has 0 rings (SSSR count). The van der Waals surface area contributed by atoms with Crippen LogP contribution in [0.4, 0.5) is 0 Å². The highest BCUT2D eigenvalue weighted by Gasteiger charge is 2.19. The second-order valence-corrected chi connectivity index (χ2v) is 20.2. The fourth-order valence-electron chi connectivity index (χ4n) is 8.34. The summed E-state index contributed by atoms with van der Waals surface area (Å²) < 4.78 is 16.8. The summed E-state index contributed by atoms with van der Waals surface area (Å²) in [5, 5.41) is 0. The van der Waals surface area contributed by atoms with E-state index in [2.05, 4.69) is 142 Å². The van der Waals surface area contributed by atoms with E-state index in [0.717, 1.165) is 128 Å². The maximum Gasteiger partial charge on any atom is 0.306 e. The van der Waals surface area contributed by atoms with Crippen LogP contribution < -0.4 is 0 Å². The first-order valence-corrected chi connectivity index (χ1v) is 31.0. The Labute approximate surface area is 462 Å². The average Bonchev–Trinajstić information content (AvgIpc) is 3.41. The van der Waals surface area contributed by atoms with E-state index in [-0.39, 0.29) is 37.5 Å². The monoisotopic (exact) mass is 1040 g/mol. The van der Waals surface area contributed by atoms with Crippen LogP contribution in [0.25, 0.3) is 0 Å². The highest BCUT2D eigenvalue weighted by atomic mass is 16.6. The van der Waals surface area contributed by atoms with Crippen molar-refractivity contribution in [3.63, 3.8) is 0 Å². The van der Waals surface area contributed by atoms with Crippen LogP contribution in [0.1, 0.15) is 278 Å². The van der Waals surface area contributed by atoms with Crippen LogP contribution in [0.5, 0.6) is 0 Å². The van der Waals surface area contributed by atoms with Gasteiger partial charge in [0.15, 0.2) is 6.10 Å². The van der Waals surface area contributed by atoms with Gasteiger partial charge in [-0.25, -0.2) is 0 Å². The molecule has 0 heterocycles. The number of carbonyl (C=O) groups excluding carboxylic acids is 3. The molecule has 0 spiro atoms. The first-order chi connectivity index (χ1) is 37.0. The molecule has 0 bridgehead atoms. The molecule has 1 atom stereocenters. The quantitative estimate of drug-likeness (QED) is 0.0261. The third-order valence-electron chi connectivity index (χ3n) is 12.9. The Morgan fingerprint density at radius 1 is 0.280 bits per heavy atom. The Morgan fingerprint density at radius 3 is 0.840 bits per heavy atom. The summed E-state index contributed by atoms with van der Waals surface area (Å²) >= 11 is 0. The van der Waals surface area contributed by atoms with Gasteiger partial charge in [-0.3, -0.25) is 14.4 Å². The van der Waals surface area contributed by atoms with E-state index in [9.17, 15) is 14.4 Å². The fraction of sp³-hybridized carbons (Fsp3) is 0.667. The van der Waals surface area contributed by atoms with Crippen molar-refractivity contribution in [2.45, 2.75) is 284 Å². The molecule has 0 aliphatic carbocycles.